The third kappa shape index (κ3) is 9.94. The van der Waals surface area contributed by atoms with Crippen LogP contribution in [-0.2, 0) is 59.4 Å². The number of cyclic esters (lactones) is 1. The summed E-state index contributed by atoms with van der Waals surface area (Å²) in [4.78, 5) is 73.4. The Balaban J connectivity index is 1.21. The molecule has 4 atom stereocenters. The van der Waals surface area contributed by atoms with Gasteiger partial charge in [0, 0.05) is 68.6 Å². The molecule has 3 aliphatic heterocycles. The quantitative estimate of drug-likeness (QED) is 0.114. The van der Waals surface area contributed by atoms with E-state index in [1.165, 1.54) is 16.0 Å². The number of hydrogen-bond acceptors (Lipinski definition) is 9. The molecule has 14 nitrogen and oxygen atoms in total. The second-order valence-corrected chi connectivity index (χ2v) is 20.2. The van der Waals surface area contributed by atoms with Gasteiger partial charge in [0.25, 0.3) is 5.91 Å². The van der Waals surface area contributed by atoms with Crippen LogP contribution in [0.3, 0.4) is 0 Å². The van der Waals surface area contributed by atoms with Crippen molar-refractivity contribution in [2.45, 2.75) is 117 Å². The highest BCUT2D eigenvalue weighted by Crippen LogP contribution is 2.42. The van der Waals surface area contributed by atoms with Gasteiger partial charge < -0.3 is 34.3 Å². The van der Waals surface area contributed by atoms with Crippen molar-refractivity contribution in [2.24, 2.45) is 17.3 Å². The number of hydrazine groups is 1. The van der Waals surface area contributed by atoms with Gasteiger partial charge in [0.1, 0.15) is 23.9 Å². The Morgan fingerprint density at radius 1 is 1.03 bits per heavy atom. The first kappa shape index (κ1) is 48.5. The van der Waals surface area contributed by atoms with Crippen molar-refractivity contribution < 1.29 is 38.6 Å². The van der Waals surface area contributed by atoms with E-state index in [1.807, 2.05) is 6.07 Å². The van der Waals surface area contributed by atoms with Gasteiger partial charge in [-0.2, -0.15) is 0 Å². The number of aryl methyl sites for hydroxylation is 2. The summed E-state index contributed by atoms with van der Waals surface area (Å²) in [7, 11) is 3.36. The summed E-state index contributed by atoms with van der Waals surface area (Å²) in [5.41, 5.74) is 11.4. The number of aromatic nitrogens is 1. The first-order valence-corrected chi connectivity index (χ1v) is 24.4. The van der Waals surface area contributed by atoms with Crippen LogP contribution >= 0.6 is 0 Å². The van der Waals surface area contributed by atoms with Gasteiger partial charge in [-0.15, -0.1) is 0 Å². The highest BCUT2D eigenvalue weighted by molar-refractivity contribution is 5.96. The fraction of sp³-hybridized carbons (Fsp3) is 0.500. The molecule has 14 heteroatoms. The lowest BCUT2D eigenvalue weighted by Gasteiger charge is -2.37. The number of likely N-dealkylation sites (tertiary alicyclic amines) is 1. The zero-order valence-electron chi connectivity index (χ0n) is 40.6. The number of amides is 4. The standard InChI is InChI=1S/C54H68N6O8/c1-8-47(62)58-23-21-37(30-58)51(64)57(6)48(35-15-10-11-16-35)50(63)55-45-26-34-24-38(27-39(61)25-34)36-19-20-46-41(28-36)42(49(59(46)9-2)40-17-12-14-33(3)43(40)31-67-7)29-54(4,5)32-68-53(66)44-18-13-22-60(56-44)52(45)65/h8,12,14,17,19-20,24-25,27-28,35,37,44-45,48,56,61H,1,9-11,13,15-16,18,21-23,26,29-32H2,2-7H3,(H,55,63)/t37-,44-,45-,48-/m0/s1. The number of rotatable bonds is 10. The van der Waals surface area contributed by atoms with Crippen molar-refractivity contribution >= 4 is 40.5 Å². The Labute approximate surface area is 400 Å². The predicted octanol–water partition coefficient (Wildman–Crippen LogP) is 6.86. The molecule has 3 fully saturated rings. The number of fused-ring (bicyclic) bond motifs is 6. The third-order valence-corrected chi connectivity index (χ3v) is 14.7. The lowest BCUT2D eigenvalue weighted by atomic mass is 9.83. The van der Waals surface area contributed by atoms with Crippen LogP contribution in [0.1, 0.15) is 88.0 Å². The SMILES string of the molecule is C=CC(=O)N1CC[C@H](C(=O)N(C)[C@H](C(=O)N[C@H]2Cc3cc(O)cc(c3)-c3ccc4c(c3)c(c(-c3cccc(C)c3COC)n4CC)CC(C)(C)COC(=O)[C@@H]3CCCN(N3)C2=O)C2CCCC2)C1. The molecule has 8 rings (SSSR count). The van der Waals surface area contributed by atoms with E-state index in [0.29, 0.717) is 57.5 Å². The second kappa shape index (κ2) is 20.3. The first-order valence-electron chi connectivity index (χ1n) is 24.4. The predicted molar refractivity (Wildman–Crippen MR) is 261 cm³/mol. The number of likely N-dealkylation sites (N-methyl/N-ethyl adjacent to an activating group) is 1. The van der Waals surface area contributed by atoms with Gasteiger partial charge in [0.2, 0.25) is 17.7 Å². The lowest BCUT2D eigenvalue weighted by molar-refractivity contribution is -0.155. The van der Waals surface area contributed by atoms with Crippen molar-refractivity contribution in [3.8, 4) is 28.1 Å². The molecule has 362 valence electrons. The minimum absolute atomic E-state index is 0.00952. The normalized spacial score (nSPS) is 21.6. The van der Waals surface area contributed by atoms with Crippen LogP contribution in [0, 0.1) is 24.2 Å². The van der Waals surface area contributed by atoms with Crippen LogP contribution in [0.4, 0.5) is 0 Å². The fourth-order valence-corrected chi connectivity index (χ4v) is 11.2. The molecule has 4 amide bonds. The summed E-state index contributed by atoms with van der Waals surface area (Å²) in [6, 6.07) is 15.2. The molecule has 1 aromatic heterocycles. The molecule has 0 spiro atoms. The molecule has 2 saturated heterocycles. The average Bonchev–Trinajstić information content (AvgIpc) is 4.11. The largest absolute Gasteiger partial charge is 0.508 e. The van der Waals surface area contributed by atoms with Crippen molar-refractivity contribution in [3.63, 3.8) is 0 Å². The number of aromatic hydroxyl groups is 1. The zero-order valence-corrected chi connectivity index (χ0v) is 40.6. The molecule has 0 unspecified atom stereocenters. The Morgan fingerprint density at radius 3 is 2.54 bits per heavy atom. The molecular weight excluding hydrogens is 861 g/mol. The number of phenols is 1. The average molecular weight is 929 g/mol. The molecular formula is C54H68N6O8. The van der Waals surface area contributed by atoms with E-state index in [4.69, 9.17) is 9.47 Å². The molecule has 1 saturated carbocycles. The van der Waals surface area contributed by atoms with E-state index in [1.54, 1.807) is 31.2 Å². The number of benzene rings is 3. The maximum Gasteiger partial charge on any atom is 0.324 e. The van der Waals surface area contributed by atoms with E-state index in [9.17, 15) is 29.1 Å². The van der Waals surface area contributed by atoms with Gasteiger partial charge in [0.05, 0.1) is 24.8 Å². The summed E-state index contributed by atoms with van der Waals surface area (Å²) in [6.45, 7) is 14.3. The molecule has 4 aliphatic rings. The third-order valence-electron chi connectivity index (χ3n) is 14.7. The fourth-order valence-electron chi connectivity index (χ4n) is 11.2. The summed E-state index contributed by atoms with van der Waals surface area (Å²) < 4.78 is 14.2. The number of ether oxygens (including phenoxy) is 2. The second-order valence-electron chi connectivity index (χ2n) is 20.2. The highest BCUT2D eigenvalue weighted by atomic mass is 16.5. The first-order chi connectivity index (χ1) is 32.6. The lowest BCUT2D eigenvalue weighted by Crippen LogP contribution is -2.62. The van der Waals surface area contributed by atoms with Gasteiger partial charge in [0.15, 0.2) is 0 Å². The number of carbonyl (C=O) groups is 5. The summed E-state index contributed by atoms with van der Waals surface area (Å²) in [5, 5.41) is 17.0. The van der Waals surface area contributed by atoms with Crippen LogP contribution in [0.15, 0.2) is 67.3 Å². The smallest absolute Gasteiger partial charge is 0.324 e. The van der Waals surface area contributed by atoms with Crippen molar-refractivity contribution in [1.29, 1.82) is 0 Å². The van der Waals surface area contributed by atoms with Crippen molar-refractivity contribution in [2.75, 3.05) is 40.4 Å². The maximum absolute atomic E-state index is 14.9. The highest BCUT2D eigenvalue weighted by Gasteiger charge is 2.42. The van der Waals surface area contributed by atoms with E-state index in [-0.39, 0.29) is 43.1 Å². The molecule has 4 heterocycles. The minimum Gasteiger partial charge on any atom is -0.508 e. The zero-order chi connectivity index (χ0) is 48.4. The number of nitrogens with one attached hydrogen (secondary N) is 2. The Morgan fingerprint density at radius 2 is 1.81 bits per heavy atom. The molecule has 0 radical (unpaired) electrons. The van der Waals surface area contributed by atoms with Crippen molar-refractivity contribution in [1.82, 2.24) is 30.1 Å². The number of methoxy groups -OCH3 is 1. The van der Waals surface area contributed by atoms with Crippen molar-refractivity contribution in [3.05, 3.63) is 89.5 Å². The summed E-state index contributed by atoms with van der Waals surface area (Å²) in [5.74, 6) is -2.40. The molecule has 1 aliphatic carbocycles. The number of nitrogens with zero attached hydrogens (tertiary/aromatic N) is 4. The molecule has 3 aromatic carbocycles. The molecule has 68 heavy (non-hydrogen) atoms. The number of carbonyl (C=O) groups excluding carboxylic acids is 5. The molecule has 6 bridgehead atoms. The van der Waals surface area contributed by atoms with Gasteiger partial charge in [-0.3, -0.25) is 29.0 Å². The molecule has 3 N–H and O–H groups in total. The van der Waals surface area contributed by atoms with E-state index in [2.05, 4.69) is 86.0 Å². The molecule has 4 aromatic rings. The topological polar surface area (TPSA) is 163 Å². The number of phenolic OH excluding ortho intramolecular Hbond substituents is 1. The monoisotopic (exact) mass is 929 g/mol. The van der Waals surface area contributed by atoms with Gasteiger partial charge in [-0.05, 0) is 122 Å². The van der Waals surface area contributed by atoms with Crippen LogP contribution < -0.4 is 10.7 Å². The van der Waals surface area contributed by atoms with E-state index < -0.39 is 47.2 Å². The summed E-state index contributed by atoms with van der Waals surface area (Å²) >= 11 is 0. The number of esters is 1. The van der Waals surface area contributed by atoms with E-state index >= 15 is 0 Å². The Kier molecular flexibility index (Phi) is 14.5. The van der Waals surface area contributed by atoms with Gasteiger partial charge >= 0.3 is 5.97 Å². The van der Waals surface area contributed by atoms with Gasteiger partial charge in [-0.1, -0.05) is 63.6 Å². The summed E-state index contributed by atoms with van der Waals surface area (Å²) in [6.07, 6.45) is 6.63. The Bertz CT molecular complexity index is 2590. The maximum atomic E-state index is 14.9. The van der Waals surface area contributed by atoms with Crippen LogP contribution in [0.5, 0.6) is 5.75 Å². The Hall–Kier alpha value is -5.99. The minimum atomic E-state index is -1.14. The van der Waals surface area contributed by atoms with Gasteiger partial charge in [-0.25, -0.2) is 5.43 Å². The van der Waals surface area contributed by atoms with Crippen LogP contribution in [-0.4, -0.2) is 113 Å². The number of hydrogen-bond donors (Lipinski definition) is 3. The van der Waals surface area contributed by atoms with E-state index in [0.717, 1.165) is 75.7 Å². The van der Waals surface area contributed by atoms with Crippen LogP contribution in [0.25, 0.3) is 33.3 Å². The van der Waals surface area contributed by atoms with Crippen LogP contribution in [0.2, 0.25) is 0 Å².